The highest BCUT2D eigenvalue weighted by Gasteiger charge is 2.51. The molecule has 0 radical (unpaired) electrons. The molecular formula is C20H23N3O7S. The van der Waals surface area contributed by atoms with Crippen LogP contribution in [-0.2, 0) is 25.0 Å². The molecular weight excluding hydrogens is 426 g/mol. The molecule has 1 N–H and O–H groups in total. The number of sulfone groups is 1. The van der Waals surface area contributed by atoms with Gasteiger partial charge in [-0.1, -0.05) is 6.07 Å². The molecule has 1 aromatic carbocycles. The first-order chi connectivity index (χ1) is 14.7. The molecule has 0 spiro atoms. The summed E-state index contributed by atoms with van der Waals surface area (Å²) in [5.41, 5.74) is -0.828. The van der Waals surface area contributed by atoms with Crippen molar-refractivity contribution < 1.29 is 32.3 Å². The second kappa shape index (κ2) is 6.84. The van der Waals surface area contributed by atoms with Gasteiger partial charge in [0.05, 0.1) is 11.5 Å². The Morgan fingerprint density at radius 3 is 2.61 bits per heavy atom. The summed E-state index contributed by atoms with van der Waals surface area (Å²) in [5.74, 6) is 0.0898. The minimum atomic E-state index is -3.16. The van der Waals surface area contributed by atoms with Gasteiger partial charge >= 0.3 is 6.03 Å². The Bertz CT molecular complexity index is 1080. The van der Waals surface area contributed by atoms with E-state index in [9.17, 15) is 22.8 Å². The number of benzene rings is 1. The first-order valence-corrected chi connectivity index (χ1v) is 12.1. The van der Waals surface area contributed by atoms with Crippen LogP contribution in [0.3, 0.4) is 0 Å². The van der Waals surface area contributed by atoms with E-state index in [1.165, 1.54) is 0 Å². The van der Waals surface area contributed by atoms with Crippen LogP contribution in [0.2, 0.25) is 0 Å². The Hall–Kier alpha value is -2.82. The highest BCUT2D eigenvalue weighted by Crippen LogP contribution is 2.38. The Labute approximate surface area is 179 Å². The van der Waals surface area contributed by atoms with Crippen LogP contribution in [0.5, 0.6) is 11.5 Å². The molecule has 166 valence electrons. The van der Waals surface area contributed by atoms with Crippen molar-refractivity contribution in [2.75, 3.05) is 24.8 Å². The number of fused-ring (bicyclic) bond motifs is 1. The molecule has 0 bridgehead atoms. The van der Waals surface area contributed by atoms with Crippen molar-refractivity contribution in [3.05, 3.63) is 23.8 Å². The number of hydrogen-bond acceptors (Lipinski definition) is 7. The quantitative estimate of drug-likeness (QED) is 0.644. The summed E-state index contributed by atoms with van der Waals surface area (Å²) >= 11 is 0. The summed E-state index contributed by atoms with van der Waals surface area (Å²) in [6, 6.07) is 3.92. The maximum absolute atomic E-state index is 13.2. The van der Waals surface area contributed by atoms with Gasteiger partial charge in [-0.2, -0.15) is 0 Å². The SMILES string of the molecule is C[C@@]1(c2ccc3c(c2)OCO3)NC(=O)N(CC(=O)N(C2CC2)[C@H]2CCS(=O)(=O)C2)C1=O. The summed E-state index contributed by atoms with van der Waals surface area (Å²) in [6.07, 6.45) is 1.99. The summed E-state index contributed by atoms with van der Waals surface area (Å²) in [4.78, 5) is 41.4. The zero-order chi connectivity index (χ0) is 22.0. The number of imide groups is 1. The lowest BCUT2D eigenvalue weighted by molar-refractivity contribution is -0.140. The van der Waals surface area contributed by atoms with E-state index >= 15 is 0 Å². The lowest BCUT2D eigenvalue weighted by Gasteiger charge is -2.30. The minimum absolute atomic E-state index is 0.0215. The van der Waals surface area contributed by atoms with E-state index in [0.29, 0.717) is 23.5 Å². The highest BCUT2D eigenvalue weighted by molar-refractivity contribution is 7.91. The van der Waals surface area contributed by atoms with Crippen molar-refractivity contribution in [2.24, 2.45) is 0 Å². The van der Waals surface area contributed by atoms with E-state index in [4.69, 9.17) is 9.47 Å². The van der Waals surface area contributed by atoms with Gasteiger partial charge in [0.15, 0.2) is 21.3 Å². The summed E-state index contributed by atoms with van der Waals surface area (Å²) in [5, 5.41) is 2.68. The molecule has 1 aromatic rings. The van der Waals surface area contributed by atoms with Gasteiger partial charge in [-0.3, -0.25) is 14.5 Å². The van der Waals surface area contributed by atoms with Crippen LogP contribution in [0.15, 0.2) is 18.2 Å². The fraction of sp³-hybridized carbons (Fsp3) is 0.550. The van der Waals surface area contributed by atoms with E-state index in [1.54, 1.807) is 30.0 Å². The number of amides is 4. The van der Waals surface area contributed by atoms with Crippen LogP contribution in [0.25, 0.3) is 0 Å². The van der Waals surface area contributed by atoms with Crippen LogP contribution in [-0.4, -0.2) is 73.0 Å². The zero-order valence-corrected chi connectivity index (χ0v) is 17.8. The fourth-order valence-corrected chi connectivity index (χ4v) is 6.22. The fourth-order valence-electron chi connectivity index (χ4n) is 4.51. The molecule has 10 nitrogen and oxygen atoms in total. The third-order valence-corrected chi connectivity index (χ3v) is 8.10. The zero-order valence-electron chi connectivity index (χ0n) is 17.0. The number of rotatable bonds is 5. The number of nitrogens with one attached hydrogen (secondary N) is 1. The van der Waals surface area contributed by atoms with Gasteiger partial charge in [0, 0.05) is 12.1 Å². The first kappa shape index (κ1) is 20.1. The standard InChI is InChI=1S/C20H23N3O7S/c1-20(12-2-5-15-16(8-12)30-11-29-15)18(25)22(19(26)21-20)9-17(24)23(13-3-4-13)14-6-7-31(27,28)10-14/h2,5,8,13-14H,3-4,6-7,9-11H2,1H3,(H,21,26)/t14-,20-/m0/s1. The van der Waals surface area contributed by atoms with Crippen LogP contribution >= 0.6 is 0 Å². The van der Waals surface area contributed by atoms with Gasteiger partial charge in [-0.15, -0.1) is 0 Å². The first-order valence-electron chi connectivity index (χ1n) is 10.2. The van der Waals surface area contributed by atoms with E-state index < -0.39 is 45.8 Å². The van der Waals surface area contributed by atoms with Gasteiger partial charge in [0.1, 0.15) is 12.1 Å². The molecule has 2 saturated heterocycles. The van der Waals surface area contributed by atoms with Crippen LogP contribution in [0, 0.1) is 0 Å². The molecule has 4 aliphatic rings. The van der Waals surface area contributed by atoms with Crippen molar-refractivity contribution in [3.63, 3.8) is 0 Å². The molecule has 1 aliphatic carbocycles. The van der Waals surface area contributed by atoms with Crippen molar-refractivity contribution in [1.29, 1.82) is 0 Å². The van der Waals surface area contributed by atoms with Crippen molar-refractivity contribution >= 4 is 27.7 Å². The lowest BCUT2D eigenvalue weighted by atomic mass is 9.91. The van der Waals surface area contributed by atoms with E-state index in [0.717, 1.165) is 17.7 Å². The van der Waals surface area contributed by atoms with Crippen molar-refractivity contribution in [3.8, 4) is 11.5 Å². The number of nitrogens with zero attached hydrogens (tertiary/aromatic N) is 2. The van der Waals surface area contributed by atoms with E-state index in [-0.39, 0.29) is 24.3 Å². The van der Waals surface area contributed by atoms with Crippen LogP contribution in [0.1, 0.15) is 31.7 Å². The number of ether oxygens (including phenoxy) is 2. The third-order valence-electron chi connectivity index (χ3n) is 6.35. The lowest BCUT2D eigenvalue weighted by Crippen LogP contribution is -2.49. The molecule has 5 rings (SSSR count). The molecule has 1 saturated carbocycles. The number of carbonyl (C=O) groups excluding carboxylic acids is 3. The minimum Gasteiger partial charge on any atom is -0.454 e. The molecule has 3 fully saturated rings. The molecule has 11 heteroatoms. The van der Waals surface area contributed by atoms with Gasteiger partial charge in [0.2, 0.25) is 12.7 Å². The largest absolute Gasteiger partial charge is 0.454 e. The number of hydrogen-bond donors (Lipinski definition) is 1. The Kier molecular flexibility index (Phi) is 4.44. The van der Waals surface area contributed by atoms with E-state index in [1.807, 2.05) is 0 Å². The number of carbonyl (C=O) groups is 3. The molecule has 0 unspecified atom stereocenters. The van der Waals surface area contributed by atoms with Gasteiger partial charge in [0.25, 0.3) is 5.91 Å². The average Bonchev–Trinajstić information content (AvgIpc) is 3.24. The second-order valence-corrected chi connectivity index (χ2v) is 10.8. The predicted molar refractivity (Wildman–Crippen MR) is 107 cm³/mol. The summed E-state index contributed by atoms with van der Waals surface area (Å²) < 4.78 is 34.5. The topological polar surface area (TPSA) is 122 Å². The molecule has 31 heavy (non-hydrogen) atoms. The summed E-state index contributed by atoms with van der Waals surface area (Å²) in [6.45, 7) is 1.25. The Morgan fingerprint density at radius 1 is 1.19 bits per heavy atom. The monoisotopic (exact) mass is 449 g/mol. The predicted octanol–water partition coefficient (Wildman–Crippen LogP) is 0.360. The smallest absolute Gasteiger partial charge is 0.325 e. The Morgan fingerprint density at radius 2 is 1.94 bits per heavy atom. The van der Waals surface area contributed by atoms with Gasteiger partial charge in [-0.05, 0) is 43.9 Å². The third kappa shape index (κ3) is 3.40. The molecule has 4 amide bonds. The highest BCUT2D eigenvalue weighted by atomic mass is 32.2. The van der Waals surface area contributed by atoms with Gasteiger partial charge < -0.3 is 19.7 Å². The van der Waals surface area contributed by atoms with Crippen molar-refractivity contribution in [2.45, 2.75) is 43.8 Å². The maximum Gasteiger partial charge on any atom is 0.325 e. The molecule has 2 atom stereocenters. The van der Waals surface area contributed by atoms with Crippen LogP contribution < -0.4 is 14.8 Å². The molecule has 3 heterocycles. The normalized spacial score (nSPS) is 28.7. The Balaban J connectivity index is 1.35. The second-order valence-electron chi connectivity index (χ2n) is 8.60. The van der Waals surface area contributed by atoms with E-state index in [2.05, 4.69) is 5.32 Å². The number of urea groups is 1. The average molecular weight is 449 g/mol. The van der Waals surface area contributed by atoms with Crippen LogP contribution in [0.4, 0.5) is 4.79 Å². The maximum atomic E-state index is 13.2. The van der Waals surface area contributed by atoms with Gasteiger partial charge in [-0.25, -0.2) is 13.2 Å². The molecule has 3 aliphatic heterocycles. The van der Waals surface area contributed by atoms with Crippen molar-refractivity contribution in [1.82, 2.24) is 15.1 Å². The molecule has 0 aromatic heterocycles. The summed E-state index contributed by atoms with van der Waals surface area (Å²) in [7, 11) is -3.16.